The van der Waals surface area contributed by atoms with Crippen molar-refractivity contribution in [2.45, 2.75) is 49.9 Å². The number of fused-ring (bicyclic) bond motifs is 1. The van der Waals surface area contributed by atoms with E-state index in [4.69, 9.17) is 11.5 Å². The Hall–Kier alpha value is -3.97. The number of aliphatic carboxylic acids is 1. The van der Waals surface area contributed by atoms with Crippen LogP contribution in [0, 0.1) is 0 Å². The minimum Gasteiger partial charge on any atom is -0.480 e. The zero-order valence-corrected chi connectivity index (χ0v) is 19.5. The average Bonchev–Trinajstić information content (AvgIpc) is 3.49. The lowest BCUT2D eigenvalue weighted by Crippen LogP contribution is -2.57. The molecule has 1 fully saturated rings. The first-order chi connectivity index (χ1) is 17.1. The highest BCUT2D eigenvalue weighted by atomic mass is 16.4. The lowest BCUT2D eigenvalue weighted by molar-refractivity contribution is -0.145. The lowest BCUT2D eigenvalue weighted by atomic mass is 10.0. The Morgan fingerprint density at radius 3 is 2.53 bits per heavy atom. The molecule has 9 N–H and O–H groups in total. The Morgan fingerprint density at radius 2 is 1.86 bits per heavy atom. The number of H-pyrrole nitrogens is 1. The summed E-state index contributed by atoms with van der Waals surface area (Å²) in [5.41, 5.74) is 12.3. The number of aliphatic hydroxyl groups is 1. The number of para-hydroxylation sites is 1. The number of aromatic nitrogens is 1. The second-order valence-corrected chi connectivity index (χ2v) is 8.67. The van der Waals surface area contributed by atoms with Gasteiger partial charge in [0.1, 0.15) is 24.2 Å². The maximum Gasteiger partial charge on any atom is 0.326 e. The summed E-state index contributed by atoms with van der Waals surface area (Å²) in [6, 6.07) is 2.53. The molecule has 4 unspecified atom stereocenters. The van der Waals surface area contributed by atoms with Crippen molar-refractivity contribution in [1.29, 1.82) is 0 Å². The van der Waals surface area contributed by atoms with E-state index in [0.717, 1.165) is 16.5 Å². The molecule has 1 saturated heterocycles. The van der Waals surface area contributed by atoms with Crippen molar-refractivity contribution >= 4 is 40.5 Å². The molecule has 13 nitrogen and oxygen atoms in total. The lowest BCUT2D eigenvalue weighted by Gasteiger charge is -2.29. The molecule has 1 aliphatic rings. The maximum atomic E-state index is 13.6. The average molecular weight is 503 g/mol. The molecular formula is C23H30N6O7. The van der Waals surface area contributed by atoms with Gasteiger partial charge < -0.3 is 42.2 Å². The maximum absolute atomic E-state index is 13.6. The fourth-order valence-electron chi connectivity index (χ4n) is 4.25. The summed E-state index contributed by atoms with van der Waals surface area (Å²) in [6.07, 6.45) is 1.95. The first kappa shape index (κ1) is 26.6. The number of likely N-dealkylation sites (tertiary alicyclic amines) is 1. The van der Waals surface area contributed by atoms with Crippen LogP contribution >= 0.6 is 0 Å². The summed E-state index contributed by atoms with van der Waals surface area (Å²) < 4.78 is 0. The number of benzene rings is 1. The van der Waals surface area contributed by atoms with Gasteiger partial charge in [0.2, 0.25) is 23.6 Å². The highest BCUT2D eigenvalue weighted by molar-refractivity contribution is 5.96. The van der Waals surface area contributed by atoms with Gasteiger partial charge in [-0.25, -0.2) is 4.79 Å². The third kappa shape index (κ3) is 6.17. The van der Waals surface area contributed by atoms with E-state index in [9.17, 15) is 34.2 Å². The molecule has 1 aromatic heterocycles. The van der Waals surface area contributed by atoms with Gasteiger partial charge in [0.25, 0.3) is 0 Å². The van der Waals surface area contributed by atoms with Gasteiger partial charge in [0, 0.05) is 30.1 Å². The number of carbonyl (C=O) groups is 5. The summed E-state index contributed by atoms with van der Waals surface area (Å²) in [5, 5.41) is 24.2. The summed E-state index contributed by atoms with van der Waals surface area (Å²) >= 11 is 0. The monoisotopic (exact) mass is 502 g/mol. The van der Waals surface area contributed by atoms with Crippen LogP contribution in [0.3, 0.4) is 0 Å². The fraction of sp³-hybridized carbons (Fsp3) is 0.435. The first-order valence-corrected chi connectivity index (χ1v) is 11.5. The molecule has 0 spiro atoms. The minimum atomic E-state index is -1.53. The molecule has 1 aliphatic heterocycles. The van der Waals surface area contributed by atoms with Gasteiger partial charge in [0.15, 0.2) is 0 Å². The van der Waals surface area contributed by atoms with Crippen molar-refractivity contribution in [2.75, 3.05) is 13.2 Å². The number of carboxylic acid groups (broad SMARTS) is 1. The number of amides is 4. The molecule has 0 radical (unpaired) electrons. The van der Waals surface area contributed by atoms with Crippen LogP contribution in [0.5, 0.6) is 0 Å². The minimum absolute atomic E-state index is 0.0804. The highest BCUT2D eigenvalue weighted by Gasteiger charge is 2.39. The van der Waals surface area contributed by atoms with Crippen molar-refractivity contribution in [3.63, 3.8) is 0 Å². The van der Waals surface area contributed by atoms with Gasteiger partial charge in [-0.3, -0.25) is 19.2 Å². The van der Waals surface area contributed by atoms with E-state index in [1.165, 1.54) is 4.90 Å². The molecule has 0 aliphatic carbocycles. The zero-order valence-electron chi connectivity index (χ0n) is 19.5. The van der Waals surface area contributed by atoms with E-state index < -0.39 is 66.8 Å². The summed E-state index contributed by atoms with van der Waals surface area (Å²) in [5.74, 6) is -4.36. The van der Waals surface area contributed by atoms with Crippen LogP contribution in [0.4, 0.5) is 0 Å². The Bertz CT molecular complexity index is 1150. The highest BCUT2D eigenvalue weighted by Crippen LogP contribution is 2.23. The van der Waals surface area contributed by atoms with Gasteiger partial charge in [-0.05, 0) is 24.5 Å². The van der Waals surface area contributed by atoms with E-state index in [-0.39, 0.29) is 19.4 Å². The van der Waals surface area contributed by atoms with Gasteiger partial charge in [-0.15, -0.1) is 0 Å². The number of aromatic amines is 1. The fourth-order valence-corrected chi connectivity index (χ4v) is 4.25. The van der Waals surface area contributed by atoms with Gasteiger partial charge in [-0.2, -0.15) is 0 Å². The number of hydrogen-bond acceptors (Lipinski definition) is 7. The predicted octanol–water partition coefficient (Wildman–Crippen LogP) is -2.05. The standard InChI is InChI=1S/C23H30N6O7/c24-14(11-30)20(32)27-16(8-12-10-26-15-5-2-1-4-13(12)15)22(34)29-7-3-6-18(29)21(33)28-17(23(35)36)9-19(25)31/h1-2,4-5,10,14,16-18,26,30H,3,6-9,11,24H2,(H2,25,31)(H,27,32)(H,28,33)(H,35,36). The van der Waals surface area contributed by atoms with Crippen LogP contribution in [-0.2, 0) is 30.4 Å². The number of rotatable bonds is 11. The van der Waals surface area contributed by atoms with Gasteiger partial charge in [-0.1, -0.05) is 18.2 Å². The number of carboxylic acids is 1. The number of nitrogens with two attached hydrogens (primary N) is 2. The van der Waals surface area contributed by atoms with Gasteiger partial charge >= 0.3 is 5.97 Å². The molecule has 4 atom stereocenters. The molecule has 13 heteroatoms. The smallest absolute Gasteiger partial charge is 0.326 e. The largest absolute Gasteiger partial charge is 0.480 e. The molecule has 0 saturated carbocycles. The second kappa shape index (κ2) is 11.6. The van der Waals surface area contributed by atoms with Crippen LogP contribution in [0.2, 0.25) is 0 Å². The number of nitrogens with zero attached hydrogens (tertiary/aromatic N) is 1. The van der Waals surface area contributed by atoms with E-state index in [1.54, 1.807) is 6.20 Å². The molecule has 3 rings (SSSR count). The normalized spacial score (nSPS) is 17.8. The summed E-state index contributed by atoms with van der Waals surface area (Å²) in [4.78, 5) is 65.9. The molecule has 2 heterocycles. The van der Waals surface area contributed by atoms with Crippen LogP contribution in [0.15, 0.2) is 30.5 Å². The third-order valence-electron chi connectivity index (χ3n) is 6.11. The van der Waals surface area contributed by atoms with E-state index in [1.807, 2.05) is 24.3 Å². The topological polar surface area (TPSA) is 221 Å². The van der Waals surface area contributed by atoms with Crippen molar-refractivity contribution in [1.82, 2.24) is 20.5 Å². The van der Waals surface area contributed by atoms with Gasteiger partial charge in [0.05, 0.1) is 13.0 Å². The second-order valence-electron chi connectivity index (χ2n) is 8.67. The SMILES string of the molecule is NC(=O)CC(NC(=O)C1CCCN1C(=O)C(Cc1c[nH]c2ccccc12)NC(=O)C(N)CO)C(=O)O. The van der Waals surface area contributed by atoms with Crippen LogP contribution in [0.25, 0.3) is 10.9 Å². The Morgan fingerprint density at radius 1 is 1.14 bits per heavy atom. The number of carbonyl (C=O) groups excluding carboxylic acids is 4. The van der Waals surface area contributed by atoms with Crippen molar-refractivity contribution in [2.24, 2.45) is 11.5 Å². The molecule has 4 amide bonds. The molecule has 0 bridgehead atoms. The first-order valence-electron chi connectivity index (χ1n) is 11.5. The Kier molecular flexibility index (Phi) is 8.61. The Labute approximate surface area is 206 Å². The summed E-state index contributed by atoms with van der Waals surface area (Å²) in [7, 11) is 0. The van der Waals surface area contributed by atoms with Crippen molar-refractivity contribution in [3.05, 3.63) is 36.0 Å². The molecule has 2 aromatic rings. The van der Waals surface area contributed by atoms with Crippen LogP contribution in [-0.4, -0.2) is 87.0 Å². The molecular weight excluding hydrogens is 472 g/mol. The predicted molar refractivity (Wildman–Crippen MR) is 127 cm³/mol. The zero-order chi connectivity index (χ0) is 26.4. The number of nitrogens with one attached hydrogen (secondary N) is 3. The van der Waals surface area contributed by atoms with Crippen LogP contribution in [0.1, 0.15) is 24.8 Å². The number of primary amides is 1. The molecule has 1 aromatic carbocycles. The molecule has 194 valence electrons. The third-order valence-corrected chi connectivity index (χ3v) is 6.11. The van der Waals surface area contributed by atoms with Crippen LogP contribution < -0.4 is 22.1 Å². The van der Waals surface area contributed by atoms with E-state index >= 15 is 0 Å². The number of hydrogen-bond donors (Lipinski definition) is 7. The van der Waals surface area contributed by atoms with Crippen molar-refractivity contribution < 1.29 is 34.2 Å². The number of aliphatic hydroxyl groups excluding tert-OH is 1. The van der Waals surface area contributed by atoms with Crippen molar-refractivity contribution in [3.8, 4) is 0 Å². The molecule has 36 heavy (non-hydrogen) atoms. The Balaban J connectivity index is 1.83. The summed E-state index contributed by atoms with van der Waals surface area (Å²) in [6.45, 7) is -0.415. The quantitative estimate of drug-likeness (QED) is 0.181. The van der Waals surface area contributed by atoms with E-state index in [0.29, 0.717) is 6.42 Å². The van der Waals surface area contributed by atoms with E-state index in [2.05, 4.69) is 15.6 Å².